The number of rotatable bonds is 7. The SMILES string of the molecule is CC[C@@]12CCN(C)C(Cc3ccc(O)cc31)[C@@]2(C)CCC(=O)CCC1CCCC1. The molecule has 1 saturated carbocycles. The second kappa shape index (κ2) is 8.06. The highest BCUT2D eigenvalue weighted by Crippen LogP contribution is 2.60. The largest absolute Gasteiger partial charge is 0.508 e. The molecule has 2 bridgehead atoms. The van der Waals surface area contributed by atoms with Crippen molar-refractivity contribution in [3.05, 3.63) is 29.3 Å². The quantitative estimate of drug-likeness (QED) is 0.648. The summed E-state index contributed by atoms with van der Waals surface area (Å²) in [4.78, 5) is 15.4. The molecule has 3 atom stereocenters. The standard InChI is InChI=1S/C26H39NO2/c1-4-26-15-16-27(3)24(17-20-10-12-22(29)18-23(20)26)25(26,2)14-13-21(28)11-9-19-7-5-6-8-19/h10,12,18-19,24,29H,4-9,11,13-17H2,1-3H3/t24?,25-,26-/m1/s1. The molecule has 1 unspecified atom stereocenters. The third-order valence-electron chi connectivity index (χ3n) is 9.11. The normalized spacial score (nSPS) is 32.3. The van der Waals surface area contributed by atoms with E-state index in [9.17, 15) is 9.90 Å². The van der Waals surface area contributed by atoms with Crippen molar-refractivity contribution in [2.75, 3.05) is 13.6 Å². The lowest BCUT2D eigenvalue weighted by Gasteiger charge is -2.63. The zero-order valence-electron chi connectivity index (χ0n) is 18.7. The number of phenolic OH excluding ortho intramolecular Hbond substituents is 1. The van der Waals surface area contributed by atoms with Gasteiger partial charge in [-0.3, -0.25) is 4.79 Å². The molecule has 0 spiro atoms. The summed E-state index contributed by atoms with van der Waals surface area (Å²) in [6, 6.07) is 6.47. The summed E-state index contributed by atoms with van der Waals surface area (Å²) >= 11 is 0. The van der Waals surface area contributed by atoms with E-state index in [-0.39, 0.29) is 10.8 Å². The molecule has 3 nitrogen and oxygen atoms in total. The number of fused-ring (bicyclic) bond motifs is 4. The summed E-state index contributed by atoms with van der Waals surface area (Å²) in [5.41, 5.74) is 2.87. The fraction of sp³-hybridized carbons (Fsp3) is 0.731. The lowest BCUT2D eigenvalue weighted by molar-refractivity contribution is -0.121. The average Bonchev–Trinajstić information content (AvgIpc) is 3.22. The van der Waals surface area contributed by atoms with Crippen molar-refractivity contribution in [3.63, 3.8) is 0 Å². The van der Waals surface area contributed by atoms with Gasteiger partial charge in [0.2, 0.25) is 0 Å². The molecule has 0 amide bonds. The van der Waals surface area contributed by atoms with Gasteiger partial charge < -0.3 is 10.0 Å². The Kier molecular flexibility index (Phi) is 5.81. The van der Waals surface area contributed by atoms with Crippen molar-refractivity contribution in [1.82, 2.24) is 4.90 Å². The molecule has 1 aliphatic heterocycles. The van der Waals surface area contributed by atoms with E-state index in [1.165, 1.54) is 36.8 Å². The van der Waals surface area contributed by atoms with Gasteiger partial charge in [0.05, 0.1) is 0 Å². The monoisotopic (exact) mass is 397 g/mol. The van der Waals surface area contributed by atoms with E-state index in [0.717, 1.165) is 51.0 Å². The fourth-order valence-electron chi connectivity index (χ4n) is 7.20. The smallest absolute Gasteiger partial charge is 0.132 e. The first-order chi connectivity index (χ1) is 13.9. The Labute approximate surface area is 176 Å². The molecular formula is C26H39NO2. The minimum Gasteiger partial charge on any atom is -0.508 e. The van der Waals surface area contributed by atoms with Gasteiger partial charge in [0.1, 0.15) is 11.5 Å². The van der Waals surface area contributed by atoms with Gasteiger partial charge in [-0.05, 0) is 80.3 Å². The van der Waals surface area contributed by atoms with Gasteiger partial charge in [0.25, 0.3) is 0 Å². The first-order valence-electron chi connectivity index (χ1n) is 11.9. The number of hydrogen-bond donors (Lipinski definition) is 1. The maximum atomic E-state index is 12.8. The summed E-state index contributed by atoms with van der Waals surface area (Å²) in [6.07, 6.45) is 12.1. The zero-order valence-corrected chi connectivity index (χ0v) is 18.7. The first kappa shape index (κ1) is 20.9. The summed E-state index contributed by atoms with van der Waals surface area (Å²) < 4.78 is 0. The highest BCUT2D eigenvalue weighted by Gasteiger charge is 2.58. The zero-order chi connectivity index (χ0) is 20.6. The summed E-state index contributed by atoms with van der Waals surface area (Å²) in [6.45, 7) is 5.84. The number of ketones is 1. The predicted octanol–water partition coefficient (Wildman–Crippen LogP) is 5.63. The summed E-state index contributed by atoms with van der Waals surface area (Å²) in [7, 11) is 2.26. The van der Waals surface area contributed by atoms with Crippen LogP contribution in [0.4, 0.5) is 0 Å². The fourth-order valence-corrected chi connectivity index (χ4v) is 7.20. The second-order valence-corrected chi connectivity index (χ2v) is 10.4. The molecule has 29 heavy (non-hydrogen) atoms. The van der Waals surface area contributed by atoms with Crippen molar-refractivity contribution in [2.45, 2.75) is 95.9 Å². The molecule has 3 aliphatic rings. The van der Waals surface area contributed by atoms with Gasteiger partial charge in [-0.2, -0.15) is 0 Å². The minimum atomic E-state index is 0.0578. The lowest BCUT2D eigenvalue weighted by atomic mass is 9.47. The number of carbonyl (C=O) groups is 1. The van der Waals surface area contributed by atoms with Crippen LogP contribution < -0.4 is 0 Å². The van der Waals surface area contributed by atoms with E-state index in [1.807, 2.05) is 12.1 Å². The van der Waals surface area contributed by atoms with Crippen LogP contribution in [0.1, 0.15) is 89.2 Å². The van der Waals surface area contributed by atoms with Crippen LogP contribution >= 0.6 is 0 Å². The van der Waals surface area contributed by atoms with Gasteiger partial charge in [0.15, 0.2) is 0 Å². The molecule has 1 aromatic rings. The van der Waals surface area contributed by atoms with E-state index in [2.05, 4.69) is 31.9 Å². The van der Waals surface area contributed by atoms with Crippen LogP contribution in [0.3, 0.4) is 0 Å². The number of likely N-dealkylation sites (N-methyl/N-ethyl adjacent to an activating group) is 1. The van der Waals surface area contributed by atoms with E-state index >= 15 is 0 Å². The second-order valence-electron chi connectivity index (χ2n) is 10.4. The third kappa shape index (κ3) is 3.54. The van der Waals surface area contributed by atoms with Crippen molar-refractivity contribution in [1.29, 1.82) is 0 Å². The number of likely N-dealkylation sites (tertiary alicyclic amines) is 1. The molecule has 3 heteroatoms. The van der Waals surface area contributed by atoms with Gasteiger partial charge in [0, 0.05) is 24.3 Å². The highest BCUT2D eigenvalue weighted by molar-refractivity contribution is 5.78. The van der Waals surface area contributed by atoms with E-state index in [0.29, 0.717) is 24.0 Å². The maximum absolute atomic E-state index is 12.8. The molecule has 1 N–H and O–H groups in total. The Hall–Kier alpha value is -1.35. The molecule has 2 fully saturated rings. The number of piperidine rings is 1. The average molecular weight is 398 g/mol. The molecule has 1 heterocycles. The molecule has 2 aliphatic carbocycles. The Balaban J connectivity index is 1.56. The number of Topliss-reactive ketones (excluding diaryl/α,β-unsaturated/α-hetero) is 1. The van der Waals surface area contributed by atoms with Crippen molar-refractivity contribution < 1.29 is 9.90 Å². The molecule has 0 radical (unpaired) electrons. The number of carbonyl (C=O) groups excluding carboxylic acids is 1. The molecule has 1 saturated heterocycles. The van der Waals surface area contributed by atoms with E-state index < -0.39 is 0 Å². The number of nitrogens with zero attached hydrogens (tertiary/aromatic N) is 1. The molecule has 160 valence electrons. The van der Waals surface area contributed by atoms with Crippen LogP contribution in [0.15, 0.2) is 18.2 Å². The number of hydrogen-bond acceptors (Lipinski definition) is 3. The van der Waals surface area contributed by atoms with Crippen molar-refractivity contribution in [3.8, 4) is 5.75 Å². The first-order valence-corrected chi connectivity index (χ1v) is 11.9. The molecule has 0 aromatic heterocycles. The summed E-state index contributed by atoms with van der Waals surface area (Å²) in [5, 5.41) is 10.2. The lowest BCUT2D eigenvalue weighted by Crippen LogP contribution is -2.64. The van der Waals surface area contributed by atoms with Gasteiger partial charge in [-0.1, -0.05) is 45.6 Å². The van der Waals surface area contributed by atoms with Gasteiger partial charge in [-0.15, -0.1) is 0 Å². The highest BCUT2D eigenvalue weighted by atomic mass is 16.3. The molecular weight excluding hydrogens is 358 g/mol. The maximum Gasteiger partial charge on any atom is 0.132 e. The number of phenols is 1. The van der Waals surface area contributed by atoms with Gasteiger partial charge in [-0.25, -0.2) is 0 Å². The minimum absolute atomic E-state index is 0.0578. The number of aromatic hydroxyl groups is 1. The Morgan fingerprint density at radius 3 is 2.72 bits per heavy atom. The molecule has 4 rings (SSSR count). The van der Waals surface area contributed by atoms with Crippen LogP contribution in [-0.2, 0) is 16.6 Å². The van der Waals surface area contributed by atoms with Crippen LogP contribution in [0.5, 0.6) is 5.75 Å². The predicted molar refractivity (Wildman–Crippen MR) is 118 cm³/mol. The Morgan fingerprint density at radius 2 is 2.00 bits per heavy atom. The number of benzene rings is 1. The van der Waals surface area contributed by atoms with Crippen LogP contribution in [0, 0.1) is 11.3 Å². The van der Waals surface area contributed by atoms with Crippen LogP contribution in [-0.4, -0.2) is 35.4 Å². The van der Waals surface area contributed by atoms with E-state index in [1.54, 1.807) is 0 Å². The Morgan fingerprint density at radius 1 is 1.24 bits per heavy atom. The van der Waals surface area contributed by atoms with Crippen LogP contribution in [0.2, 0.25) is 0 Å². The van der Waals surface area contributed by atoms with Gasteiger partial charge >= 0.3 is 0 Å². The Bertz CT molecular complexity index is 753. The van der Waals surface area contributed by atoms with Crippen molar-refractivity contribution in [2.24, 2.45) is 11.3 Å². The van der Waals surface area contributed by atoms with Crippen LogP contribution in [0.25, 0.3) is 0 Å². The summed E-state index contributed by atoms with van der Waals surface area (Å²) in [5.74, 6) is 1.64. The molecule has 1 aromatic carbocycles. The van der Waals surface area contributed by atoms with Crippen molar-refractivity contribution >= 4 is 5.78 Å². The topological polar surface area (TPSA) is 40.5 Å². The van der Waals surface area contributed by atoms with E-state index in [4.69, 9.17) is 0 Å². The third-order valence-corrected chi connectivity index (χ3v) is 9.11.